The highest BCUT2D eigenvalue weighted by molar-refractivity contribution is 6.30. The predicted molar refractivity (Wildman–Crippen MR) is 110 cm³/mol. The number of benzene rings is 2. The normalized spacial score (nSPS) is 26.8. The van der Waals surface area contributed by atoms with E-state index in [1.54, 1.807) is 24.3 Å². The summed E-state index contributed by atoms with van der Waals surface area (Å²) in [6.07, 6.45) is 0.984. The number of amides is 2. The Balaban J connectivity index is 1.51. The van der Waals surface area contributed by atoms with Crippen LogP contribution in [0.4, 0.5) is 5.69 Å². The van der Waals surface area contributed by atoms with Crippen molar-refractivity contribution in [1.29, 1.82) is 0 Å². The van der Waals surface area contributed by atoms with Gasteiger partial charge in [0.1, 0.15) is 11.8 Å². The van der Waals surface area contributed by atoms with Gasteiger partial charge in [-0.25, -0.2) is 14.9 Å². The number of rotatable bonds is 4. The van der Waals surface area contributed by atoms with Crippen molar-refractivity contribution in [2.45, 2.75) is 25.4 Å². The van der Waals surface area contributed by atoms with Gasteiger partial charge in [0.05, 0.1) is 24.3 Å². The molecule has 5 rings (SSSR count). The van der Waals surface area contributed by atoms with E-state index in [0.717, 1.165) is 30.8 Å². The minimum atomic E-state index is -0.447. The fourth-order valence-corrected chi connectivity index (χ4v) is 5.01. The van der Waals surface area contributed by atoms with E-state index in [1.807, 2.05) is 31.2 Å². The van der Waals surface area contributed by atoms with Crippen LogP contribution in [0.15, 0.2) is 48.5 Å². The highest BCUT2D eigenvalue weighted by atomic mass is 35.5. The standard InChI is InChI=1S/C22H22ClN3O3/c1-2-29-17-10-8-16(9-11-17)26-21(27)18-19(14-4-6-15(23)7-5-14)24-12-3-13-25(24)20(18)22(26)28/h4-11,18-20H,2-3,12-13H2,1H3/t18-,19+,20-/m0/s1. The lowest BCUT2D eigenvalue weighted by molar-refractivity contribution is -0.126. The van der Waals surface area contributed by atoms with Crippen LogP contribution in [0.1, 0.15) is 24.9 Å². The third-order valence-electron chi connectivity index (χ3n) is 6.02. The molecule has 2 aromatic rings. The molecule has 3 aliphatic heterocycles. The van der Waals surface area contributed by atoms with E-state index in [9.17, 15) is 9.59 Å². The second-order valence-corrected chi connectivity index (χ2v) is 8.02. The summed E-state index contributed by atoms with van der Waals surface area (Å²) in [7, 11) is 0. The third-order valence-corrected chi connectivity index (χ3v) is 6.28. The van der Waals surface area contributed by atoms with Gasteiger partial charge in [-0.3, -0.25) is 9.59 Å². The number of ether oxygens (including phenoxy) is 1. The maximum absolute atomic E-state index is 13.5. The number of hydrogen-bond donors (Lipinski definition) is 0. The van der Waals surface area contributed by atoms with Crippen LogP contribution in [0, 0.1) is 5.92 Å². The maximum atomic E-state index is 13.5. The van der Waals surface area contributed by atoms with Crippen molar-refractivity contribution in [2.75, 3.05) is 24.6 Å². The van der Waals surface area contributed by atoms with Crippen LogP contribution >= 0.6 is 11.6 Å². The van der Waals surface area contributed by atoms with Gasteiger partial charge in [0.25, 0.3) is 5.91 Å². The van der Waals surface area contributed by atoms with Gasteiger partial charge in [-0.1, -0.05) is 23.7 Å². The van der Waals surface area contributed by atoms with E-state index in [4.69, 9.17) is 16.3 Å². The highest BCUT2D eigenvalue weighted by Gasteiger charge is 2.62. The van der Waals surface area contributed by atoms with Gasteiger partial charge in [0, 0.05) is 18.1 Å². The fourth-order valence-electron chi connectivity index (χ4n) is 4.89. The molecule has 3 heterocycles. The van der Waals surface area contributed by atoms with Crippen LogP contribution < -0.4 is 9.64 Å². The van der Waals surface area contributed by atoms with Gasteiger partial charge in [0.15, 0.2) is 0 Å². The first-order chi connectivity index (χ1) is 14.1. The predicted octanol–water partition coefficient (Wildman–Crippen LogP) is 3.27. The number of carbonyl (C=O) groups excluding carboxylic acids is 2. The molecule has 3 fully saturated rings. The SMILES string of the molecule is CCOc1ccc(N2C(=O)[C@@H]3[C@@H](C2=O)N2CCCN2[C@@H]3c2ccc(Cl)cc2)cc1. The van der Waals surface area contributed by atoms with Crippen LogP contribution in [0.3, 0.4) is 0 Å². The Hall–Kier alpha value is -2.41. The number of imide groups is 1. The number of fused-ring (bicyclic) bond motifs is 3. The maximum Gasteiger partial charge on any atom is 0.253 e. The van der Waals surface area contributed by atoms with Crippen molar-refractivity contribution >= 4 is 29.1 Å². The molecule has 0 spiro atoms. The van der Waals surface area contributed by atoms with Crippen molar-refractivity contribution in [1.82, 2.24) is 10.0 Å². The molecule has 3 saturated heterocycles. The molecular formula is C22H22ClN3O3. The lowest BCUT2D eigenvalue weighted by Gasteiger charge is -2.29. The van der Waals surface area contributed by atoms with Crippen LogP contribution in [0.5, 0.6) is 5.75 Å². The largest absolute Gasteiger partial charge is 0.494 e. The van der Waals surface area contributed by atoms with Gasteiger partial charge < -0.3 is 4.74 Å². The summed E-state index contributed by atoms with van der Waals surface area (Å²) in [6, 6.07) is 14.2. The van der Waals surface area contributed by atoms with Crippen molar-refractivity contribution in [3.8, 4) is 5.75 Å². The van der Waals surface area contributed by atoms with Crippen LogP contribution in [0.25, 0.3) is 0 Å². The lowest BCUT2D eigenvalue weighted by Crippen LogP contribution is -2.44. The molecule has 0 aliphatic carbocycles. The number of halogens is 1. The van der Waals surface area contributed by atoms with Crippen LogP contribution in [0.2, 0.25) is 5.02 Å². The van der Waals surface area contributed by atoms with E-state index in [2.05, 4.69) is 10.0 Å². The van der Waals surface area contributed by atoms with Crippen molar-refractivity contribution in [3.63, 3.8) is 0 Å². The quantitative estimate of drug-likeness (QED) is 0.723. The Morgan fingerprint density at radius 1 is 0.931 bits per heavy atom. The summed E-state index contributed by atoms with van der Waals surface area (Å²) >= 11 is 6.07. The number of nitrogens with zero attached hydrogens (tertiary/aromatic N) is 3. The Bertz CT molecular complexity index is 947. The molecule has 6 nitrogen and oxygen atoms in total. The topological polar surface area (TPSA) is 53.1 Å². The van der Waals surface area contributed by atoms with Gasteiger partial charge >= 0.3 is 0 Å². The molecule has 2 aromatic carbocycles. The first-order valence-electron chi connectivity index (χ1n) is 9.99. The molecule has 0 aromatic heterocycles. The molecule has 7 heteroatoms. The first-order valence-corrected chi connectivity index (χ1v) is 10.4. The molecule has 0 radical (unpaired) electrons. The molecular weight excluding hydrogens is 390 g/mol. The molecule has 150 valence electrons. The van der Waals surface area contributed by atoms with Crippen LogP contribution in [-0.4, -0.2) is 47.6 Å². The molecule has 3 aliphatic rings. The zero-order valence-corrected chi connectivity index (χ0v) is 16.9. The molecule has 2 amide bonds. The smallest absolute Gasteiger partial charge is 0.253 e. The summed E-state index contributed by atoms with van der Waals surface area (Å²) in [6.45, 7) is 4.13. The first kappa shape index (κ1) is 18.6. The van der Waals surface area contributed by atoms with Gasteiger partial charge in [-0.2, -0.15) is 0 Å². The van der Waals surface area contributed by atoms with Crippen molar-refractivity contribution in [2.24, 2.45) is 5.92 Å². The molecule has 0 N–H and O–H groups in total. The van der Waals surface area contributed by atoms with Crippen molar-refractivity contribution in [3.05, 3.63) is 59.1 Å². The average Bonchev–Trinajstić information content (AvgIpc) is 3.36. The van der Waals surface area contributed by atoms with Crippen molar-refractivity contribution < 1.29 is 14.3 Å². The number of hydrazine groups is 1. The molecule has 0 unspecified atom stereocenters. The zero-order valence-electron chi connectivity index (χ0n) is 16.1. The second-order valence-electron chi connectivity index (χ2n) is 7.59. The summed E-state index contributed by atoms with van der Waals surface area (Å²) in [5.41, 5.74) is 1.61. The van der Waals surface area contributed by atoms with E-state index in [-0.39, 0.29) is 17.9 Å². The Morgan fingerprint density at radius 2 is 1.59 bits per heavy atom. The molecule has 3 atom stereocenters. The van der Waals surface area contributed by atoms with Gasteiger partial charge in [-0.15, -0.1) is 0 Å². The lowest BCUT2D eigenvalue weighted by atomic mass is 9.90. The molecule has 0 saturated carbocycles. The molecule has 0 bridgehead atoms. The molecule has 29 heavy (non-hydrogen) atoms. The average molecular weight is 412 g/mol. The van der Waals surface area contributed by atoms with E-state index >= 15 is 0 Å². The summed E-state index contributed by atoms with van der Waals surface area (Å²) in [5, 5.41) is 4.95. The Morgan fingerprint density at radius 3 is 2.24 bits per heavy atom. The van der Waals surface area contributed by atoms with E-state index < -0.39 is 12.0 Å². The number of hydrogen-bond acceptors (Lipinski definition) is 5. The van der Waals surface area contributed by atoms with Gasteiger partial charge in [-0.05, 0) is 55.3 Å². The van der Waals surface area contributed by atoms with E-state index in [0.29, 0.717) is 17.3 Å². The Labute approximate surface area is 174 Å². The summed E-state index contributed by atoms with van der Waals surface area (Å²) in [5.74, 6) is 0.0156. The highest BCUT2D eigenvalue weighted by Crippen LogP contribution is 2.49. The minimum Gasteiger partial charge on any atom is -0.494 e. The number of carbonyl (C=O) groups is 2. The minimum absolute atomic E-state index is 0.140. The monoisotopic (exact) mass is 411 g/mol. The fraction of sp³-hybridized carbons (Fsp3) is 0.364. The van der Waals surface area contributed by atoms with Gasteiger partial charge in [0.2, 0.25) is 5.91 Å². The van der Waals surface area contributed by atoms with E-state index in [1.165, 1.54) is 4.90 Å². The second kappa shape index (κ2) is 7.13. The Kier molecular flexibility index (Phi) is 4.57. The summed E-state index contributed by atoms with van der Waals surface area (Å²) in [4.78, 5) is 28.2. The summed E-state index contributed by atoms with van der Waals surface area (Å²) < 4.78 is 5.48. The van der Waals surface area contributed by atoms with Crippen LogP contribution in [-0.2, 0) is 9.59 Å². The third kappa shape index (κ3) is 2.86. The zero-order chi connectivity index (χ0) is 20.1. The number of anilines is 1.